The van der Waals surface area contributed by atoms with Crippen LogP contribution in [0.15, 0.2) is 23.3 Å². The van der Waals surface area contributed by atoms with Crippen molar-refractivity contribution in [2.75, 3.05) is 0 Å². The SMILES string of the molecule is C/C=C(/C)C(=O)O[C@@H]1CC(C)(C)C[C@H]2C3=CC[C@@H]4[C@@]5(C)CCC(=O)C(C)(C)[C@@H]5CC[C@@]4(C)[C@]3(C)CC[C@@]12C(=O)O. The van der Waals surface area contributed by atoms with Crippen LogP contribution in [0.4, 0.5) is 0 Å². The monoisotopic (exact) mass is 552 g/mol. The third-order valence-electron chi connectivity index (χ3n) is 13.8. The number of esters is 1. The van der Waals surface area contributed by atoms with Crippen molar-refractivity contribution in [3.05, 3.63) is 23.3 Å². The second-order valence-corrected chi connectivity index (χ2v) is 16.3. The summed E-state index contributed by atoms with van der Waals surface area (Å²) in [5.74, 6) is -0.125. The van der Waals surface area contributed by atoms with Crippen LogP contribution in [0.3, 0.4) is 0 Å². The van der Waals surface area contributed by atoms with E-state index in [4.69, 9.17) is 4.74 Å². The zero-order valence-corrected chi connectivity index (χ0v) is 26.4. The largest absolute Gasteiger partial charge is 0.481 e. The molecule has 5 nitrogen and oxygen atoms in total. The first kappa shape index (κ1) is 29.6. The Morgan fingerprint density at radius 3 is 2.27 bits per heavy atom. The molecule has 0 radical (unpaired) electrons. The fourth-order valence-corrected chi connectivity index (χ4v) is 11.1. The van der Waals surface area contributed by atoms with Crippen molar-refractivity contribution >= 4 is 17.7 Å². The Bertz CT molecular complexity index is 1190. The van der Waals surface area contributed by atoms with E-state index in [2.05, 4.69) is 54.5 Å². The summed E-state index contributed by atoms with van der Waals surface area (Å²) in [5, 5.41) is 11.0. The number of rotatable bonds is 3. The normalized spacial score (nSPS) is 45.7. The van der Waals surface area contributed by atoms with E-state index >= 15 is 0 Å². The van der Waals surface area contributed by atoms with Crippen LogP contribution in [0.25, 0.3) is 0 Å². The molecule has 0 aliphatic heterocycles. The minimum absolute atomic E-state index is 0.0266. The molecular weight excluding hydrogens is 500 g/mol. The van der Waals surface area contributed by atoms with Crippen molar-refractivity contribution in [3.63, 3.8) is 0 Å². The van der Waals surface area contributed by atoms with E-state index in [1.165, 1.54) is 5.57 Å². The van der Waals surface area contributed by atoms with Gasteiger partial charge in [-0.3, -0.25) is 9.59 Å². The van der Waals surface area contributed by atoms with Gasteiger partial charge in [0.15, 0.2) is 0 Å². The van der Waals surface area contributed by atoms with Crippen molar-refractivity contribution in [2.24, 2.45) is 50.2 Å². The summed E-state index contributed by atoms with van der Waals surface area (Å²) < 4.78 is 6.13. The van der Waals surface area contributed by atoms with E-state index in [1.54, 1.807) is 13.0 Å². The maximum absolute atomic E-state index is 13.4. The molecule has 0 saturated heterocycles. The third-order valence-corrected chi connectivity index (χ3v) is 13.8. The summed E-state index contributed by atoms with van der Waals surface area (Å²) in [5.41, 5.74) is 0.279. The number of carbonyl (C=O) groups is 3. The van der Waals surface area contributed by atoms with Crippen molar-refractivity contribution in [2.45, 2.75) is 126 Å². The maximum atomic E-state index is 13.4. The van der Waals surface area contributed by atoms with Gasteiger partial charge in [-0.05, 0) is 98.7 Å². The minimum atomic E-state index is -1.10. The molecule has 0 aromatic rings. The van der Waals surface area contributed by atoms with E-state index in [0.717, 1.165) is 38.5 Å². The van der Waals surface area contributed by atoms with Gasteiger partial charge in [0.05, 0.1) is 0 Å². The molecule has 5 rings (SSSR count). The highest BCUT2D eigenvalue weighted by Crippen LogP contribution is 2.75. The van der Waals surface area contributed by atoms with Gasteiger partial charge in [-0.25, -0.2) is 4.79 Å². The first-order valence-corrected chi connectivity index (χ1v) is 15.7. The minimum Gasteiger partial charge on any atom is -0.481 e. The standard InChI is InChI=1S/C35H52O5/c1-10-21(2)28(37)40-27-20-30(3,4)19-23-22-11-12-25-32(7)15-14-26(36)31(5,6)24(32)13-16-34(25,9)33(22,8)17-18-35(23,27)29(38)39/h10-11,23-25,27H,12-20H2,1-9H3,(H,38,39)/b21-10-/t23-,24-,25+,27+,32-,33+,34+,35-/m0/s1. The highest BCUT2D eigenvalue weighted by Gasteiger charge is 2.71. The van der Waals surface area contributed by atoms with Gasteiger partial charge in [-0.2, -0.15) is 0 Å². The highest BCUT2D eigenvalue weighted by molar-refractivity contribution is 5.88. The molecule has 0 aromatic heterocycles. The molecule has 0 heterocycles. The van der Waals surface area contributed by atoms with Crippen LogP contribution in [0.1, 0.15) is 120 Å². The molecule has 5 heteroatoms. The lowest BCUT2D eigenvalue weighted by atomic mass is 9.33. The summed E-state index contributed by atoms with van der Waals surface area (Å²) in [7, 11) is 0. The molecule has 5 aliphatic rings. The topological polar surface area (TPSA) is 80.7 Å². The number of carbonyl (C=O) groups excluding carboxylic acids is 2. The predicted octanol–water partition coefficient (Wildman–Crippen LogP) is 7.93. The number of fused-ring (bicyclic) bond motifs is 7. The van der Waals surface area contributed by atoms with Crippen molar-refractivity contribution in [1.82, 2.24) is 0 Å². The fourth-order valence-electron chi connectivity index (χ4n) is 11.1. The average molecular weight is 553 g/mol. The second kappa shape index (κ2) is 9.04. The number of carboxylic acids is 1. The van der Waals surface area contributed by atoms with Gasteiger partial charge < -0.3 is 9.84 Å². The predicted molar refractivity (Wildman–Crippen MR) is 156 cm³/mol. The number of hydrogen-bond acceptors (Lipinski definition) is 4. The molecule has 1 N–H and O–H groups in total. The first-order valence-electron chi connectivity index (χ1n) is 15.7. The summed E-state index contributed by atoms with van der Waals surface area (Å²) in [6.45, 7) is 19.7. The number of allylic oxidation sites excluding steroid dienone is 3. The van der Waals surface area contributed by atoms with Crippen LogP contribution in [0, 0.1) is 50.2 Å². The molecule has 0 spiro atoms. The Balaban J connectivity index is 1.60. The Morgan fingerprint density at radius 1 is 0.975 bits per heavy atom. The highest BCUT2D eigenvalue weighted by atomic mass is 16.5. The molecule has 4 fully saturated rings. The van der Waals surface area contributed by atoms with Crippen LogP contribution in [-0.2, 0) is 19.1 Å². The lowest BCUT2D eigenvalue weighted by Crippen LogP contribution is -2.66. The lowest BCUT2D eigenvalue weighted by molar-refractivity contribution is -0.206. The summed E-state index contributed by atoms with van der Waals surface area (Å²) in [6.07, 6.45) is 10.9. The molecule has 0 amide bonds. The zero-order valence-electron chi connectivity index (χ0n) is 26.4. The summed E-state index contributed by atoms with van der Waals surface area (Å²) in [4.78, 5) is 39.4. The van der Waals surface area contributed by atoms with E-state index in [1.807, 2.05) is 6.92 Å². The van der Waals surface area contributed by atoms with Crippen LogP contribution in [0.2, 0.25) is 0 Å². The van der Waals surface area contributed by atoms with Crippen molar-refractivity contribution < 1.29 is 24.2 Å². The lowest BCUT2D eigenvalue weighted by Gasteiger charge is -2.70. The zero-order chi connectivity index (χ0) is 29.7. The quantitative estimate of drug-likeness (QED) is 0.218. The molecule has 5 aliphatic carbocycles. The second-order valence-electron chi connectivity index (χ2n) is 16.3. The molecule has 0 unspecified atom stereocenters. The molecule has 4 saturated carbocycles. The van der Waals surface area contributed by atoms with Crippen molar-refractivity contribution in [1.29, 1.82) is 0 Å². The Kier molecular flexibility index (Phi) is 6.69. The summed E-state index contributed by atoms with van der Waals surface area (Å²) >= 11 is 0. The van der Waals surface area contributed by atoms with E-state index in [0.29, 0.717) is 42.5 Å². The van der Waals surface area contributed by atoms with Gasteiger partial charge in [0.25, 0.3) is 0 Å². The van der Waals surface area contributed by atoms with Crippen LogP contribution in [-0.4, -0.2) is 28.9 Å². The van der Waals surface area contributed by atoms with Gasteiger partial charge in [0.2, 0.25) is 0 Å². The van der Waals surface area contributed by atoms with Gasteiger partial charge in [0, 0.05) is 23.3 Å². The average Bonchev–Trinajstić information content (AvgIpc) is 2.85. The smallest absolute Gasteiger partial charge is 0.333 e. The number of aliphatic carboxylic acids is 1. The van der Waals surface area contributed by atoms with Gasteiger partial charge >= 0.3 is 11.9 Å². The van der Waals surface area contributed by atoms with Crippen LogP contribution >= 0.6 is 0 Å². The molecule has 40 heavy (non-hydrogen) atoms. The number of hydrogen-bond donors (Lipinski definition) is 1. The van der Waals surface area contributed by atoms with Crippen molar-refractivity contribution in [3.8, 4) is 0 Å². The molecular formula is C35H52O5. The van der Waals surface area contributed by atoms with E-state index < -0.39 is 23.5 Å². The number of ketones is 1. The third kappa shape index (κ3) is 3.73. The molecule has 222 valence electrons. The van der Waals surface area contributed by atoms with Gasteiger partial charge in [-0.15, -0.1) is 0 Å². The molecule has 0 bridgehead atoms. The molecule has 8 atom stereocenters. The fraction of sp³-hybridized carbons (Fsp3) is 0.800. The van der Waals surface area contributed by atoms with Crippen LogP contribution < -0.4 is 0 Å². The van der Waals surface area contributed by atoms with Crippen LogP contribution in [0.5, 0.6) is 0 Å². The summed E-state index contributed by atoms with van der Waals surface area (Å²) in [6, 6.07) is 0. The Morgan fingerprint density at radius 2 is 1.65 bits per heavy atom. The van der Waals surface area contributed by atoms with Gasteiger partial charge in [0.1, 0.15) is 17.3 Å². The van der Waals surface area contributed by atoms with E-state index in [9.17, 15) is 19.5 Å². The number of ether oxygens (including phenoxy) is 1. The maximum Gasteiger partial charge on any atom is 0.333 e. The van der Waals surface area contributed by atoms with E-state index in [-0.39, 0.29) is 33.0 Å². The first-order chi connectivity index (χ1) is 18.4. The Hall–Kier alpha value is -1.91. The Labute approximate surface area is 241 Å². The number of Topliss-reactive ketones (excluding diaryl/α,β-unsaturated/α-hetero) is 1. The van der Waals surface area contributed by atoms with Gasteiger partial charge in [-0.1, -0.05) is 66.2 Å². The number of carboxylic acid groups (broad SMARTS) is 1. The molecule has 0 aromatic carbocycles.